The summed E-state index contributed by atoms with van der Waals surface area (Å²) < 4.78 is 0. The van der Waals surface area contributed by atoms with Gasteiger partial charge in [0.15, 0.2) is 0 Å². The molecule has 0 saturated heterocycles. The third-order valence-electron chi connectivity index (χ3n) is 1.81. The van der Waals surface area contributed by atoms with Crippen LogP contribution < -0.4 is 5.43 Å². The highest BCUT2D eigenvalue weighted by Crippen LogP contribution is 1.97. The lowest BCUT2D eigenvalue weighted by molar-refractivity contribution is 0.237. The van der Waals surface area contributed by atoms with Crippen LogP contribution in [0.3, 0.4) is 0 Å². The van der Waals surface area contributed by atoms with Crippen LogP contribution >= 0.6 is 0 Å². The summed E-state index contributed by atoms with van der Waals surface area (Å²) in [5, 5.41) is 2.15. The summed E-state index contributed by atoms with van der Waals surface area (Å²) in [4.78, 5) is 0. The Hall–Kier alpha value is -0.600. The second kappa shape index (κ2) is 9.49. The third kappa shape index (κ3) is 9.31. The zero-order chi connectivity index (χ0) is 9.94. The standard InChI is InChI=1S/C11H22N2/c1-4-6-7-8-9-10-11-13(3)12-5-2/h4,6-7,12H,1,5,8-11H2,2-3H3/b7-6+. The molecule has 0 aliphatic carbocycles. The van der Waals surface area contributed by atoms with Gasteiger partial charge in [-0.2, -0.15) is 0 Å². The summed E-state index contributed by atoms with van der Waals surface area (Å²) in [6, 6.07) is 0. The molecule has 0 aliphatic heterocycles. The Morgan fingerprint density at radius 2 is 2.15 bits per heavy atom. The normalized spacial score (nSPS) is 11.3. The summed E-state index contributed by atoms with van der Waals surface area (Å²) in [6.45, 7) is 7.87. The topological polar surface area (TPSA) is 15.3 Å². The predicted molar refractivity (Wildman–Crippen MR) is 59.5 cm³/mol. The molecule has 0 radical (unpaired) electrons. The minimum absolute atomic E-state index is 1.01. The van der Waals surface area contributed by atoms with Gasteiger partial charge in [0.05, 0.1) is 0 Å². The van der Waals surface area contributed by atoms with Gasteiger partial charge in [-0.25, -0.2) is 5.01 Å². The van der Waals surface area contributed by atoms with E-state index in [0.29, 0.717) is 0 Å². The van der Waals surface area contributed by atoms with Crippen LogP contribution in [0.2, 0.25) is 0 Å². The summed E-state index contributed by atoms with van der Waals surface area (Å²) in [5.74, 6) is 0. The van der Waals surface area contributed by atoms with E-state index < -0.39 is 0 Å². The molecule has 2 heteroatoms. The lowest BCUT2D eigenvalue weighted by atomic mass is 10.2. The van der Waals surface area contributed by atoms with Crippen LogP contribution in [0.5, 0.6) is 0 Å². The monoisotopic (exact) mass is 182 g/mol. The molecular formula is C11H22N2. The molecule has 0 saturated carbocycles. The lowest BCUT2D eigenvalue weighted by Gasteiger charge is -2.15. The zero-order valence-electron chi connectivity index (χ0n) is 8.92. The molecule has 0 rings (SSSR count). The Bertz CT molecular complexity index is 141. The van der Waals surface area contributed by atoms with Gasteiger partial charge in [0, 0.05) is 20.1 Å². The van der Waals surface area contributed by atoms with Gasteiger partial charge >= 0.3 is 0 Å². The van der Waals surface area contributed by atoms with Gasteiger partial charge in [-0.1, -0.05) is 31.7 Å². The molecule has 0 unspecified atom stereocenters. The van der Waals surface area contributed by atoms with Crippen molar-refractivity contribution in [3.63, 3.8) is 0 Å². The van der Waals surface area contributed by atoms with E-state index in [1.807, 2.05) is 12.2 Å². The Morgan fingerprint density at radius 1 is 1.38 bits per heavy atom. The van der Waals surface area contributed by atoms with Crippen LogP contribution in [-0.4, -0.2) is 25.1 Å². The van der Waals surface area contributed by atoms with E-state index in [1.54, 1.807) is 0 Å². The molecule has 0 amide bonds. The van der Waals surface area contributed by atoms with E-state index in [-0.39, 0.29) is 0 Å². The number of nitrogens with zero attached hydrogens (tertiary/aromatic N) is 1. The number of allylic oxidation sites excluding steroid dienone is 3. The van der Waals surface area contributed by atoms with E-state index in [1.165, 1.54) is 12.8 Å². The fraction of sp³-hybridized carbons (Fsp3) is 0.636. The molecule has 0 spiro atoms. The van der Waals surface area contributed by atoms with Gasteiger partial charge in [-0.3, -0.25) is 5.43 Å². The van der Waals surface area contributed by atoms with Crippen LogP contribution in [0.15, 0.2) is 24.8 Å². The van der Waals surface area contributed by atoms with E-state index in [2.05, 4.69) is 37.1 Å². The molecular weight excluding hydrogens is 160 g/mol. The Morgan fingerprint density at radius 3 is 2.77 bits per heavy atom. The second-order valence-corrected chi connectivity index (χ2v) is 3.09. The Balaban J connectivity index is 3.15. The summed E-state index contributed by atoms with van der Waals surface area (Å²) in [7, 11) is 2.09. The molecule has 0 heterocycles. The second-order valence-electron chi connectivity index (χ2n) is 3.09. The highest BCUT2D eigenvalue weighted by Gasteiger charge is 1.93. The lowest BCUT2D eigenvalue weighted by Crippen LogP contribution is -2.34. The van der Waals surface area contributed by atoms with Crippen LogP contribution in [0.4, 0.5) is 0 Å². The van der Waals surface area contributed by atoms with Gasteiger partial charge in [0.2, 0.25) is 0 Å². The van der Waals surface area contributed by atoms with Crippen molar-refractivity contribution in [2.24, 2.45) is 0 Å². The molecule has 76 valence electrons. The van der Waals surface area contributed by atoms with Crippen molar-refractivity contribution < 1.29 is 0 Å². The molecule has 2 nitrogen and oxygen atoms in total. The molecule has 0 bridgehead atoms. The van der Waals surface area contributed by atoms with Crippen LogP contribution in [0, 0.1) is 0 Å². The Labute approximate surface area is 82.3 Å². The summed E-state index contributed by atoms with van der Waals surface area (Å²) >= 11 is 0. The highest BCUT2D eigenvalue weighted by molar-refractivity contribution is 4.96. The fourth-order valence-corrected chi connectivity index (χ4v) is 1.15. The Kier molecular flexibility index (Phi) is 9.05. The molecule has 1 N–H and O–H groups in total. The number of hydrazine groups is 1. The molecule has 0 aromatic rings. The smallest absolute Gasteiger partial charge is 0.0127 e. The third-order valence-corrected chi connectivity index (χ3v) is 1.81. The fourth-order valence-electron chi connectivity index (χ4n) is 1.15. The van der Waals surface area contributed by atoms with Crippen molar-refractivity contribution in [3.8, 4) is 0 Å². The van der Waals surface area contributed by atoms with Gasteiger partial charge in [-0.15, -0.1) is 0 Å². The van der Waals surface area contributed by atoms with E-state index in [0.717, 1.165) is 19.5 Å². The highest BCUT2D eigenvalue weighted by atomic mass is 15.5. The van der Waals surface area contributed by atoms with Gasteiger partial charge in [-0.05, 0) is 19.3 Å². The first-order valence-electron chi connectivity index (χ1n) is 5.03. The summed E-state index contributed by atoms with van der Waals surface area (Å²) in [6.07, 6.45) is 9.65. The average Bonchev–Trinajstić information content (AvgIpc) is 2.11. The predicted octanol–water partition coefficient (Wildman–Crippen LogP) is 2.36. The van der Waals surface area contributed by atoms with Gasteiger partial charge in [0.25, 0.3) is 0 Å². The van der Waals surface area contributed by atoms with Crippen molar-refractivity contribution in [1.29, 1.82) is 0 Å². The number of rotatable bonds is 8. The van der Waals surface area contributed by atoms with E-state index in [4.69, 9.17) is 0 Å². The van der Waals surface area contributed by atoms with Gasteiger partial charge in [0.1, 0.15) is 0 Å². The zero-order valence-corrected chi connectivity index (χ0v) is 8.92. The number of hydrogen-bond donors (Lipinski definition) is 1. The van der Waals surface area contributed by atoms with Crippen LogP contribution in [0.1, 0.15) is 26.2 Å². The maximum Gasteiger partial charge on any atom is 0.0127 e. The molecule has 13 heavy (non-hydrogen) atoms. The van der Waals surface area contributed by atoms with E-state index in [9.17, 15) is 0 Å². The molecule has 0 atom stereocenters. The molecule has 0 fully saturated rings. The van der Waals surface area contributed by atoms with E-state index >= 15 is 0 Å². The number of hydrogen-bond acceptors (Lipinski definition) is 2. The average molecular weight is 182 g/mol. The van der Waals surface area contributed by atoms with Crippen molar-refractivity contribution in [3.05, 3.63) is 24.8 Å². The number of unbranched alkanes of at least 4 members (excludes halogenated alkanes) is 2. The maximum absolute atomic E-state index is 3.63. The van der Waals surface area contributed by atoms with Crippen molar-refractivity contribution in [2.75, 3.05) is 20.1 Å². The summed E-state index contributed by atoms with van der Waals surface area (Å²) in [5.41, 5.74) is 3.25. The minimum atomic E-state index is 1.01. The molecule has 0 aliphatic rings. The first kappa shape index (κ1) is 12.4. The largest absolute Gasteiger partial charge is 0.256 e. The first-order valence-corrected chi connectivity index (χ1v) is 5.03. The first-order chi connectivity index (χ1) is 6.31. The van der Waals surface area contributed by atoms with Crippen molar-refractivity contribution >= 4 is 0 Å². The minimum Gasteiger partial charge on any atom is -0.256 e. The SMILES string of the molecule is C=C/C=C/CCCCN(C)NCC. The maximum atomic E-state index is 3.63. The van der Waals surface area contributed by atoms with Crippen molar-refractivity contribution in [1.82, 2.24) is 10.4 Å². The molecule has 0 aromatic carbocycles. The molecule has 0 aromatic heterocycles. The van der Waals surface area contributed by atoms with Crippen molar-refractivity contribution in [2.45, 2.75) is 26.2 Å². The van der Waals surface area contributed by atoms with Crippen LogP contribution in [0.25, 0.3) is 0 Å². The van der Waals surface area contributed by atoms with Crippen LogP contribution in [-0.2, 0) is 0 Å². The number of nitrogens with one attached hydrogen (secondary N) is 1. The van der Waals surface area contributed by atoms with Gasteiger partial charge < -0.3 is 0 Å². The quantitative estimate of drug-likeness (QED) is 0.352.